The maximum Gasteiger partial charge on any atom is 0.00673 e. The summed E-state index contributed by atoms with van der Waals surface area (Å²) in [4.78, 5) is 0. The summed E-state index contributed by atoms with van der Waals surface area (Å²) in [6.07, 6.45) is 3.72. The van der Waals surface area contributed by atoms with Gasteiger partial charge in [0.25, 0.3) is 0 Å². The van der Waals surface area contributed by atoms with E-state index in [9.17, 15) is 0 Å². The molecule has 3 atom stereocenters. The number of hydrogen-bond acceptors (Lipinski definition) is 1. The van der Waals surface area contributed by atoms with Crippen LogP contribution in [0.5, 0.6) is 0 Å². The second kappa shape index (κ2) is 4.58. The lowest BCUT2D eigenvalue weighted by Gasteiger charge is -2.20. The smallest absolute Gasteiger partial charge is 0.00673 e. The molecule has 0 spiro atoms. The van der Waals surface area contributed by atoms with Crippen molar-refractivity contribution in [2.24, 2.45) is 17.6 Å². The Balaban J connectivity index is 2.15. The van der Waals surface area contributed by atoms with Crippen molar-refractivity contribution in [1.29, 1.82) is 0 Å². The molecule has 16 heavy (non-hydrogen) atoms. The van der Waals surface area contributed by atoms with Gasteiger partial charge >= 0.3 is 0 Å². The molecule has 1 heteroatoms. The molecule has 0 aromatic heterocycles. The van der Waals surface area contributed by atoms with Gasteiger partial charge in [0.15, 0.2) is 0 Å². The van der Waals surface area contributed by atoms with Crippen LogP contribution in [0.15, 0.2) is 18.2 Å². The minimum atomic E-state index is 0.425. The number of aryl methyl sites for hydroxylation is 2. The summed E-state index contributed by atoms with van der Waals surface area (Å²) in [5.41, 5.74) is 10.5. The Morgan fingerprint density at radius 1 is 1.19 bits per heavy atom. The third kappa shape index (κ3) is 2.15. The van der Waals surface area contributed by atoms with Crippen molar-refractivity contribution in [3.63, 3.8) is 0 Å². The molecule has 0 heterocycles. The first-order chi connectivity index (χ1) is 7.59. The molecule has 2 rings (SSSR count). The van der Waals surface area contributed by atoms with Gasteiger partial charge in [-0.1, -0.05) is 25.1 Å². The first-order valence-corrected chi connectivity index (χ1v) is 6.40. The van der Waals surface area contributed by atoms with E-state index in [1.165, 1.54) is 30.4 Å². The Morgan fingerprint density at radius 2 is 1.81 bits per heavy atom. The standard InChI is InChI=1S/C15H23N/c1-10-5-4-6-11(2)14(10)9-13-7-8-15(16)12(13)3/h4-6,12-13,15H,7-9,16H2,1-3H3. The van der Waals surface area contributed by atoms with Crippen LogP contribution >= 0.6 is 0 Å². The van der Waals surface area contributed by atoms with Crippen LogP contribution in [0.25, 0.3) is 0 Å². The summed E-state index contributed by atoms with van der Waals surface area (Å²) >= 11 is 0. The minimum absolute atomic E-state index is 0.425. The lowest BCUT2D eigenvalue weighted by atomic mass is 9.86. The van der Waals surface area contributed by atoms with Gasteiger partial charge in [0.05, 0.1) is 0 Å². The van der Waals surface area contributed by atoms with E-state index in [4.69, 9.17) is 5.73 Å². The third-order valence-corrected chi connectivity index (χ3v) is 4.40. The summed E-state index contributed by atoms with van der Waals surface area (Å²) in [7, 11) is 0. The first-order valence-electron chi connectivity index (χ1n) is 6.40. The van der Waals surface area contributed by atoms with Gasteiger partial charge < -0.3 is 5.73 Å². The van der Waals surface area contributed by atoms with Crippen LogP contribution in [0.2, 0.25) is 0 Å². The van der Waals surface area contributed by atoms with Crippen LogP contribution in [0.1, 0.15) is 36.5 Å². The first kappa shape index (κ1) is 11.7. The predicted molar refractivity (Wildman–Crippen MR) is 69.5 cm³/mol. The lowest BCUT2D eigenvalue weighted by Crippen LogP contribution is -2.26. The van der Waals surface area contributed by atoms with Crippen LogP contribution in [0.4, 0.5) is 0 Å². The molecular weight excluding hydrogens is 194 g/mol. The summed E-state index contributed by atoms with van der Waals surface area (Å²) < 4.78 is 0. The van der Waals surface area contributed by atoms with E-state index in [-0.39, 0.29) is 0 Å². The quantitative estimate of drug-likeness (QED) is 0.808. The van der Waals surface area contributed by atoms with Crippen molar-refractivity contribution in [2.45, 2.75) is 46.1 Å². The van der Waals surface area contributed by atoms with Crippen molar-refractivity contribution in [3.8, 4) is 0 Å². The highest BCUT2D eigenvalue weighted by Crippen LogP contribution is 2.34. The van der Waals surface area contributed by atoms with Gasteiger partial charge in [0.1, 0.15) is 0 Å². The molecule has 3 unspecified atom stereocenters. The summed E-state index contributed by atoms with van der Waals surface area (Å²) in [6, 6.07) is 7.02. The van der Waals surface area contributed by atoms with Gasteiger partial charge in [-0.05, 0) is 61.6 Å². The van der Waals surface area contributed by atoms with Crippen molar-refractivity contribution < 1.29 is 0 Å². The molecule has 0 amide bonds. The van der Waals surface area contributed by atoms with Crippen LogP contribution in [-0.2, 0) is 6.42 Å². The fraction of sp³-hybridized carbons (Fsp3) is 0.600. The summed E-state index contributed by atoms with van der Waals surface area (Å²) in [5.74, 6) is 1.47. The maximum atomic E-state index is 6.10. The van der Waals surface area contributed by atoms with Gasteiger partial charge in [-0.25, -0.2) is 0 Å². The number of hydrogen-bond donors (Lipinski definition) is 1. The molecule has 1 fully saturated rings. The lowest BCUT2D eigenvalue weighted by molar-refractivity contribution is 0.389. The average molecular weight is 217 g/mol. The molecule has 1 saturated carbocycles. The highest BCUT2D eigenvalue weighted by Gasteiger charge is 2.30. The van der Waals surface area contributed by atoms with E-state index in [0.29, 0.717) is 12.0 Å². The Bertz CT molecular complexity index is 349. The van der Waals surface area contributed by atoms with Gasteiger partial charge in [-0.15, -0.1) is 0 Å². The van der Waals surface area contributed by atoms with Gasteiger partial charge in [0, 0.05) is 6.04 Å². The van der Waals surface area contributed by atoms with E-state index in [1.54, 1.807) is 5.56 Å². The van der Waals surface area contributed by atoms with E-state index in [0.717, 1.165) is 5.92 Å². The average Bonchev–Trinajstić information content (AvgIpc) is 2.55. The Labute approximate surface area is 99.0 Å². The molecule has 0 bridgehead atoms. The van der Waals surface area contributed by atoms with Crippen LogP contribution in [0, 0.1) is 25.7 Å². The molecule has 1 aliphatic rings. The molecule has 0 radical (unpaired) electrons. The molecular formula is C15H23N. The molecule has 0 saturated heterocycles. The fourth-order valence-corrected chi connectivity index (χ4v) is 3.00. The van der Waals surface area contributed by atoms with E-state index >= 15 is 0 Å². The zero-order valence-corrected chi connectivity index (χ0v) is 10.7. The fourth-order valence-electron chi connectivity index (χ4n) is 3.00. The topological polar surface area (TPSA) is 26.0 Å². The molecule has 2 N–H and O–H groups in total. The number of benzene rings is 1. The van der Waals surface area contributed by atoms with Crippen LogP contribution < -0.4 is 5.73 Å². The number of nitrogens with two attached hydrogens (primary N) is 1. The SMILES string of the molecule is Cc1cccc(C)c1CC1CCC(N)C1C. The predicted octanol–water partition coefficient (Wildman–Crippen LogP) is 3.22. The van der Waals surface area contributed by atoms with Crippen LogP contribution in [-0.4, -0.2) is 6.04 Å². The molecule has 1 aliphatic carbocycles. The highest BCUT2D eigenvalue weighted by atomic mass is 14.7. The van der Waals surface area contributed by atoms with Crippen molar-refractivity contribution in [3.05, 3.63) is 34.9 Å². The highest BCUT2D eigenvalue weighted by molar-refractivity contribution is 5.34. The molecule has 88 valence electrons. The normalized spacial score (nSPS) is 29.6. The van der Waals surface area contributed by atoms with Crippen molar-refractivity contribution in [2.75, 3.05) is 0 Å². The van der Waals surface area contributed by atoms with Gasteiger partial charge in [0.2, 0.25) is 0 Å². The van der Waals surface area contributed by atoms with E-state index in [2.05, 4.69) is 39.0 Å². The summed E-state index contributed by atoms with van der Waals surface area (Å²) in [6.45, 7) is 6.76. The largest absolute Gasteiger partial charge is 0.327 e. The van der Waals surface area contributed by atoms with E-state index in [1.807, 2.05) is 0 Å². The van der Waals surface area contributed by atoms with Crippen LogP contribution in [0.3, 0.4) is 0 Å². The molecule has 1 aromatic carbocycles. The Morgan fingerprint density at radius 3 is 2.31 bits per heavy atom. The molecule has 0 aliphatic heterocycles. The monoisotopic (exact) mass is 217 g/mol. The summed E-state index contributed by atoms with van der Waals surface area (Å²) in [5, 5.41) is 0. The number of rotatable bonds is 2. The minimum Gasteiger partial charge on any atom is -0.327 e. The molecule has 1 aromatic rings. The Hall–Kier alpha value is -0.820. The zero-order valence-electron chi connectivity index (χ0n) is 10.7. The van der Waals surface area contributed by atoms with Gasteiger partial charge in [-0.3, -0.25) is 0 Å². The second-order valence-electron chi connectivity index (χ2n) is 5.43. The second-order valence-corrected chi connectivity index (χ2v) is 5.43. The van der Waals surface area contributed by atoms with Gasteiger partial charge in [-0.2, -0.15) is 0 Å². The molecule has 1 nitrogen and oxygen atoms in total. The zero-order chi connectivity index (χ0) is 11.7. The maximum absolute atomic E-state index is 6.10. The third-order valence-electron chi connectivity index (χ3n) is 4.40. The van der Waals surface area contributed by atoms with E-state index < -0.39 is 0 Å². The van der Waals surface area contributed by atoms with Crippen molar-refractivity contribution in [1.82, 2.24) is 0 Å². The Kier molecular flexibility index (Phi) is 3.34. The van der Waals surface area contributed by atoms with Crippen molar-refractivity contribution >= 4 is 0 Å².